The van der Waals surface area contributed by atoms with E-state index < -0.39 is 0 Å². The predicted octanol–water partition coefficient (Wildman–Crippen LogP) is 2.92. The molecular formula is C17H24N4. The summed E-state index contributed by atoms with van der Waals surface area (Å²) in [6.45, 7) is 2.15. The van der Waals surface area contributed by atoms with Crippen molar-refractivity contribution < 1.29 is 0 Å². The van der Waals surface area contributed by atoms with Gasteiger partial charge in [-0.05, 0) is 36.8 Å². The molecule has 1 aliphatic rings. The van der Waals surface area contributed by atoms with Gasteiger partial charge in [0.15, 0.2) is 0 Å². The number of fused-ring (bicyclic) bond motifs is 1. The van der Waals surface area contributed by atoms with Crippen molar-refractivity contribution in [2.75, 3.05) is 11.1 Å². The van der Waals surface area contributed by atoms with E-state index in [1.54, 1.807) is 0 Å². The molecular weight excluding hydrogens is 260 g/mol. The first-order valence-electron chi connectivity index (χ1n) is 7.83. The molecule has 0 saturated carbocycles. The maximum absolute atomic E-state index is 6.26. The molecule has 1 atom stereocenters. The SMILES string of the molecule is CCCc1nn(C)c(NC2CCc3ccccc3C2)c1N. The fraction of sp³-hybridized carbons (Fsp3) is 0.471. The molecule has 0 radical (unpaired) electrons. The molecule has 0 saturated heterocycles. The van der Waals surface area contributed by atoms with Gasteiger partial charge in [-0.1, -0.05) is 37.6 Å². The Morgan fingerprint density at radius 3 is 2.86 bits per heavy atom. The number of nitrogens with one attached hydrogen (secondary N) is 1. The molecule has 0 spiro atoms. The van der Waals surface area contributed by atoms with Crippen LogP contribution in [0.1, 0.15) is 36.6 Å². The summed E-state index contributed by atoms with van der Waals surface area (Å²) < 4.78 is 1.89. The summed E-state index contributed by atoms with van der Waals surface area (Å²) in [5.74, 6) is 0.975. The maximum atomic E-state index is 6.26. The van der Waals surface area contributed by atoms with Gasteiger partial charge < -0.3 is 11.1 Å². The minimum absolute atomic E-state index is 0.437. The van der Waals surface area contributed by atoms with Crippen LogP contribution in [-0.2, 0) is 26.3 Å². The fourth-order valence-electron chi connectivity index (χ4n) is 3.20. The monoisotopic (exact) mass is 284 g/mol. The minimum Gasteiger partial charge on any atom is -0.394 e. The molecule has 3 N–H and O–H groups in total. The van der Waals surface area contributed by atoms with E-state index >= 15 is 0 Å². The maximum Gasteiger partial charge on any atom is 0.148 e. The van der Waals surface area contributed by atoms with Gasteiger partial charge in [0.05, 0.1) is 11.4 Å². The molecule has 3 rings (SSSR count). The van der Waals surface area contributed by atoms with Crippen molar-refractivity contribution >= 4 is 11.5 Å². The van der Waals surface area contributed by atoms with E-state index in [2.05, 4.69) is 41.6 Å². The van der Waals surface area contributed by atoms with Gasteiger partial charge in [-0.25, -0.2) is 0 Å². The largest absolute Gasteiger partial charge is 0.394 e. The third kappa shape index (κ3) is 2.75. The van der Waals surface area contributed by atoms with Crippen LogP contribution in [0.25, 0.3) is 0 Å². The molecule has 2 aromatic rings. The van der Waals surface area contributed by atoms with E-state index in [0.29, 0.717) is 6.04 Å². The number of nitrogens with zero attached hydrogens (tertiary/aromatic N) is 2. The zero-order chi connectivity index (χ0) is 14.8. The van der Waals surface area contributed by atoms with Gasteiger partial charge >= 0.3 is 0 Å². The third-order valence-electron chi connectivity index (χ3n) is 4.33. The Kier molecular flexibility index (Phi) is 3.86. The van der Waals surface area contributed by atoms with Gasteiger partial charge in [0.2, 0.25) is 0 Å². The molecule has 0 bridgehead atoms. The van der Waals surface area contributed by atoms with E-state index in [1.165, 1.54) is 11.1 Å². The second-order valence-corrected chi connectivity index (χ2v) is 5.94. The highest BCUT2D eigenvalue weighted by Crippen LogP contribution is 2.28. The van der Waals surface area contributed by atoms with E-state index in [4.69, 9.17) is 5.73 Å². The molecule has 1 aliphatic carbocycles. The van der Waals surface area contributed by atoms with Gasteiger partial charge in [0.1, 0.15) is 5.82 Å². The van der Waals surface area contributed by atoms with Gasteiger partial charge in [-0.15, -0.1) is 0 Å². The molecule has 0 amide bonds. The molecule has 1 heterocycles. The van der Waals surface area contributed by atoms with Crippen molar-refractivity contribution in [3.8, 4) is 0 Å². The molecule has 21 heavy (non-hydrogen) atoms. The fourth-order valence-corrected chi connectivity index (χ4v) is 3.20. The average Bonchev–Trinajstić information content (AvgIpc) is 2.75. The van der Waals surface area contributed by atoms with Crippen LogP contribution in [0.5, 0.6) is 0 Å². The summed E-state index contributed by atoms with van der Waals surface area (Å²) in [6.07, 6.45) is 5.34. The Balaban J connectivity index is 1.76. The van der Waals surface area contributed by atoms with Crippen molar-refractivity contribution in [2.24, 2.45) is 7.05 Å². The summed E-state index contributed by atoms with van der Waals surface area (Å²) in [5.41, 5.74) is 11.0. The molecule has 1 unspecified atom stereocenters. The van der Waals surface area contributed by atoms with Crippen molar-refractivity contribution in [1.29, 1.82) is 0 Å². The van der Waals surface area contributed by atoms with Crippen LogP contribution in [0.4, 0.5) is 11.5 Å². The molecule has 4 heteroatoms. The van der Waals surface area contributed by atoms with Crippen molar-refractivity contribution in [3.05, 3.63) is 41.1 Å². The number of aryl methyl sites for hydroxylation is 3. The van der Waals surface area contributed by atoms with Crippen LogP contribution in [-0.4, -0.2) is 15.8 Å². The summed E-state index contributed by atoms with van der Waals surface area (Å²) in [5, 5.41) is 8.15. The first-order chi connectivity index (χ1) is 10.2. The topological polar surface area (TPSA) is 55.9 Å². The van der Waals surface area contributed by atoms with Crippen molar-refractivity contribution in [1.82, 2.24) is 9.78 Å². The third-order valence-corrected chi connectivity index (χ3v) is 4.33. The zero-order valence-corrected chi connectivity index (χ0v) is 12.9. The Labute approximate surface area is 126 Å². The van der Waals surface area contributed by atoms with Crippen molar-refractivity contribution in [2.45, 2.75) is 45.1 Å². The smallest absolute Gasteiger partial charge is 0.148 e. The Morgan fingerprint density at radius 2 is 2.10 bits per heavy atom. The zero-order valence-electron chi connectivity index (χ0n) is 12.9. The summed E-state index contributed by atoms with van der Waals surface area (Å²) in [4.78, 5) is 0. The highest BCUT2D eigenvalue weighted by molar-refractivity contribution is 5.65. The molecule has 0 fully saturated rings. The van der Waals surface area contributed by atoms with Gasteiger partial charge in [-0.3, -0.25) is 4.68 Å². The van der Waals surface area contributed by atoms with E-state index in [-0.39, 0.29) is 0 Å². The van der Waals surface area contributed by atoms with Crippen LogP contribution in [0.3, 0.4) is 0 Å². The molecule has 4 nitrogen and oxygen atoms in total. The Bertz CT molecular complexity index is 630. The number of rotatable bonds is 4. The second-order valence-electron chi connectivity index (χ2n) is 5.94. The number of hydrogen-bond donors (Lipinski definition) is 2. The lowest BCUT2D eigenvalue weighted by Crippen LogP contribution is -2.28. The lowest BCUT2D eigenvalue weighted by molar-refractivity contribution is 0.601. The number of nitrogens with two attached hydrogens (primary N) is 1. The number of aromatic nitrogens is 2. The predicted molar refractivity (Wildman–Crippen MR) is 87.5 cm³/mol. The first kappa shape index (κ1) is 14.0. The van der Waals surface area contributed by atoms with Crippen LogP contribution in [0.15, 0.2) is 24.3 Å². The van der Waals surface area contributed by atoms with Crippen molar-refractivity contribution in [3.63, 3.8) is 0 Å². The lowest BCUT2D eigenvalue weighted by Gasteiger charge is -2.26. The highest BCUT2D eigenvalue weighted by Gasteiger charge is 2.21. The molecule has 1 aromatic carbocycles. The quantitative estimate of drug-likeness (QED) is 0.907. The van der Waals surface area contributed by atoms with Crippen LogP contribution in [0, 0.1) is 0 Å². The molecule has 112 valence electrons. The standard InChI is InChI=1S/C17H24N4/c1-3-6-15-16(18)17(21(2)20-15)19-14-10-9-12-7-4-5-8-13(12)11-14/h4-5,7-8,14,19H,3,6,9-11,18H2,1-2H3. The van der Waals surface area contributed by atoms with E-state index in [0.717, 1.165) is 49.3 Å². The summed E-state index contributed by atoms with van der Waals surface area (Å²) >= 11 is 0. The second kappa shape index (κ2) is 5.80. The molecule has 0 aliphatic heterocycles. The summed E-state index contributed by atoms with van der Waals surface area (Å²) in [7, 11) is 1.97. The number of benzene rings is 1. The molecule has 1 aromatic heterocycles. The average molecular weight is 284 g/mol. The number of nitrogen functional groups attached to an aromatic ring is 1. The lowest BCUT2D eigenvalue weighted by atomic mass is 9.88. The Morgan fingerprint density at radius 1 is 1.33 bits per heavy atom. The van der Waals surface area contributed by atoms with Gasteiger partial charge in [-0.2, -0.15) is 5.10 Å². The van der Waals surface area contributed by atoms with Crippen LogP contribution < -0.4 is 11.1 Å². The van der Waals surface area contributed by atoms with E-state index in [9.17, 15) is 0 Å². The van der Waals surface area contributed by atoms with Crippen LogP contribution >= 0.6 is 0 Å². The minimum atomic E-state index is 0.437. The first-order valence-corrected chi connectivity index (χ1v) is 7.83. The number of anilines is 2. The van der Waals surface area contributed by atoms with Gasteiger partial charge in [0, 0.05) is 13.1 Å². The van der Waals surface area contributed by atoms with Crippen LogP contribution in [0.2, 0.25) is 0 Å². The summed E-state index contributed by atoms with van der Waals surface area (Å²) in [6, 6.07) is 9.16. The normalized spacial score (nSPS) is 17.5. The van der Waals surface area contributed by atoms with Gasteiger partial charge in [0.25, 0.3) is 0 Å². The highest BCUT2D eigenvalue weighted by atomic mass is 15.3. The van der Waals surface area contributed by atoms with E-state index in [1.807, 2.05) is 11.7 Å². The Hall–Kier alpha value is -1.97. The number of hydrogen-bond acceptors (Lipinski definition) is 3.